The normalized spacial score (nSPS) is 21.2. The van der Waals surface area contributed by atoms with Gasteiger partial charge in [0.1, 0.15) is 0 Å². The summed E-state index contributed by atoms with van der Waals surface area (Å²) in [6.45, 7) is 5.19. The number of aliphatic imine (C=N–C) groups is 1. The molecule has 0 aliphatic carbocycles. The highest BCUT2D eigenvalue weighted by molar-refractivity contribution is 7.22. The molecule has 2 aliphatic heterocycles. The molecule has 0 saturated carbocycles. The highest BCUT2D eigenvalue weighted by Crippen LogP contribution is 2.25. The number of fused-ring (bicyclic) bond motifs is 1. The fourth-order valence-corrected chi connectivity index (χ4v) is 4.93. The van der Waals surface area contributed by atoms with Crippen LogP contribution in [-0.2, 0) is 9.47 Å². The van der Waals surface area contributed by atoms with Gasteiger partial charge in [-0.25, -0.2) is 4.98 Å². The third-order valence-corrected chi connectivity index (χ3v) is 6.72. The molecule has 1 atom stereocenters. The molecular weight excluding hydrogens is 398 g/mol. The molecular formula is C22H33N5O2S. The maximum absolute atomic E-state index is 6.13. The lowest BCUT2D eigenvalue weighted by Gasteiger charge is -2.35. The molecule has 0 spiro atoms. The van der Waals surface area contributed by atoms with Gasteiger partial charge >= 0.3 is 0 Å². The van der Waals surface area contributed by atoms with Crippen molar-refractivity contribution in [2.75, 3.05) is 51.8 Å². The van der Waals surface area contributed by atoms with E-state index in [-0.39, 0.29) is 0 Å². The maximum atomic E-state index is 6.13. The molecule has 0 amide bonds. The van der Waals surface area contributed by atoms with Gasteiger partial charge in [0.05, 0.1) is 29.0 Å². The second-order valence-electron chi connectivity index (χ2n) is 7.90. The van der Waals surface area contributed by atoms with Crippen LogP contribution in [0.1, 0.15) is 32.1 Å². The molecule has 2 saturated heterocycles. The molecule has 2 fully saturated rings. The summed E-state index contributed by atoms with van der Waals surface area (Å²) in [5, 5.41) is 7.85. The lowest BCUT2D eigenvalue weighted by atomic mass is 10.1. The van der Waals surface area contributed by atoms with Crippen LogP contribution in [0.4, 0.5) is 5.13 Å². The second-order valence-corrected chi connectivity index (χ2v) is 8.93. The summed E-state index contributed by atoms with van der Waals surface area (Å²) in [5.41, 5.74) is 1.05. The number of hydrogen-bond acceptors (Lipinski definition) is 6. The highest BCUT2D eigenvalue weighted by atomic mass is 32.1. The minimum atomic E-state index is 0.300. The maximum Gasteiger partial charge on any atom is 0.193 e. The lowest BCUT2D eigenvalue weighted by Crippen LogP contribution is -2.48. The number of ether oxygens (including phenoxy) is 2. The van der Waals surface area contributed by atoms with Gasteiger partial charge in [0.15, 0.2) is 11.1 Å². The van der Waals surface area contributed by atoms with Gasteiger partial charge in [0.2, 0.25) is 0 Å². The first-order valence-corrected chi connectivity index (χ1v) is 11.9. The molecule has 1 aromatic carbocycles. The zero-order valence-electron chi connectivity index (χ0n) is 17.8. The van der Waals surface area contributed by atoms with Gasteiger partial charge in [-0.05, 0) is 44.2 Å². The minimum Gasteiger partial charge on any atom is -0.376 e. The fraction of sp³-hybridized carbons (Fsp3) is 0.636. The molecule has 4 rings (SSSR count). The van der Waals surface area contributed by atoms with Crippen LogP contribution in [0.25, 0.3) is 10.2 Å². The summed E-state index contributed by atoms with van der Waals surface area (Å²) in [4.78, 5) is 11.4. The molecule has 8 heteroatoms. The van der Waals surface area contributed by atoms with E-state index in [0.29, 0.717) is 12.2 Å². The van der Waals surface area contributed by atoms with Crippen molar-refractivity contribution in [3.63, 3.8) is 0 Å². The number of likely N-dealkylation sites (tertiary alicyclic amines) is 1. The summed E-state index contributed by atoms with van der Waals surface area (Å²) >= 11 is 1.69. The van der Waals surface area contributed by atoms with Crippen molar-refractivity contribution in [3.8, 4) is 0 Å². The summed E-state index contributed by atoms with van der Waals surface area (Å²) in [6, 6.07) is 8.23. The first-order valence-electron chi connectivity index (χ1n) is 11.1. The van der Waals surface area contributed by atoms with Crippen LogP contribution in [0, 0.1) is 0 Å². The fourth-order valence-electron chi connectivity index (χ4n) is 4.04. The number of para-hydroxylation sites is 1. The Morgan fingerprint density at radius 2 is 2.10 bits per heavy atom. The standard InChI is InChI=1S/C22H33N5O2S/c1-23-21(24-11-12-25-22-26-19-7-2-3-8-20(19)30-22)27-13-9-17(10-14-27)29-16-18-6-4-5-15-28-18/h2-3,7-8,17-18H,4-6,9-16H2,1H3,(H,23,24)(H,25,26). The SMILES string of the molecule is CN=C(NCCNc1nc2ccccc2s1)N1CCC(OCC2CCCCO2)CC1. The van der Waals surface area contributed by atoms with Crippen molar-refractivity contribution < 1.29 is 9.47 Å². The average Bonchev–Trinajstić information content (AvgIpc) is 3.22. The number of nitrogens with one attached hydrogen (secondary N) is 2. The molecule has 7 nitrogen and oxygen atoms in total. The Hall–Kier alpha value is -1.90. The van der Waals surface area contributed by atoms with Gasteiger partial charge in [0, 0.05) is 39.8 Å². The van der Waals surface area contributed by atoms with E-state index in [9.17, 15) is 0 Å². The minimum absolute atomic E-state index is 0.300. The number of piperidine rings is 1. The third kappa shape index (κ3) is 5.83. The van der Waals surface area contributed by atoms with Crippen LogP contribution in [0.15, 0.2) is 29.3 Å². The van der Waals surface area contributed by atoms with E-state index < -0.39 is 0 Å². The van der Waals surface area contributed by atoms with E-state index in [1.165, 1.54) is 17.5 Å². The Kier molecular flexibility index (Phi) is 7.77. The predicted molar refractivity (Wildman–Crippen MR) is 124 cm³/mol. The van der Waals surface area contributed by atoms with Gasteiger partial charge in [-0.2, -0.15) is 0 Å². The van der Waals surface area contributed by atoms with E-state index >= 15 is 0 Å². The molecule has 30 heavy (non-hydrogen) atoms. The van der Waals surface area contributed by atoms with E-state index in [4.69, 9.17) is 9.47 Å². The number of nitrogens with zero attached hydrogens (tertiary/aromatic N) is 3. The molecule has 2 aliphatic rings. The quantitative estimate of drug-likeness (QED) is 0.398. The number of anilines is 1. The van der Waals surface area contributed by atoms with E-state index in [2.05, 4.69) is 31.6 Å². The van der Waals surface area contributed by atoms with Crippen LogP contribution < -0.4 is 10.6 Å². The van der Waals surface area contributed by atoms with Gasteiger partial charge in [0.25, 0.3) is 0 Å². The Morgan fingerprint density at radius 3 is 2.87 bits per heavy atom. The molecule has 0 radical (unpaired) electrons. The number of rotatable bonds is 7. The Balaban J connectivity index is 1.14. The number of hydrogen-bond donors (Lipinski definition) is 2. The molecule has 2 N–H and O–H groups in total. The first kappa shape index (κ1) is 21.3. The summed E-state index contributed by atoms with van der Waals surface area (Å²) in [7, 11) is 1.85. The van der Waals surface area contributed by atoms with Crippen LogP contribution in [-0.4, -0.2) is 74.5 Å². The van der Waals surface area contributed by atoms with Gasteiger partial charge in [-0.1, -0.05) is 23.5 Å². The van der Waals surface area contributed by atoms with Crippen molar-refractivity contribution in [1.82, 2.24) is 15.2 Å². The number of benzene rings is 1. The van der Waals surface area contributed by atoms with Crippen molar-refractivity contribution in [2.24, 2.45) is 4.99 Å². The van der Waals surface area contributed by atoms with E-state index in [1.54, 1.807) is 11.3 Å². The molecule has 164 valence electrons. The Morgan fingerprint density at radius 1 is 1.23 bits per heavy atom. The zero-order chi connectivity index (χ0) is 20.6. The second kappa shape index (κ2) is 10.9. The van der Waals surface area contributed by atoms with Crippen LogP contribution in [0.3, 0.4) is 0 Å². The number of thiazole rings is 1. The average molecular weight is 432 g/mol. The Labute approximate surface area is 182 Å². The van der Waals surface area contributed by atoms with Crippen LogP contribution in [0.2, 0.25) is 0 Å². The van der Waals surface area contributed by atoms with Crippen molar-refractivity contribution in [3.05, 3.63) is 24.3 Å². The van der Waals surface area contributed by atoms with Crippen LogP contribution >= 0.6 is 11.3 Å². The van der Waals surface area contributed by atoms with Crippen molar-refractivity contribution in [2.45, 2.75) is 44.3 Å². The number of guanidine groups is 1. The van der Waals surface area contributed by atoms with Gasteiger partial charge < -0.3 is 25.0 Å². The smallest absolute Gasteiger partial charge is 0.193 e. The van der Waals surface area contributed by atoms with E-state index in [0.717, 1.165) is 75.3 Å². The summed E-state index contributed by atoms with van der Waals surface area (Å²) < 4.78 is 13.1. The largest absolute Gasteiger partial charge is 0.376 e. The molecule has 0 bridgehead atoms. The molecule has 1 aromatic heterocycles. The number of aromatic nitrogens is 1. The zero-order valence-corrected chi connectivity index (χ0v) is 18.6. The predicted octanol–water partition coefficient (Wildman–Crippen LogP) is 3.33. The Bertz CT molecular complexity index is 780. The topological polar surface area (TPSA) is 71.0 Å². The molecule has 3 heterocycles. The van der Waals surface area contributed by atoms with Crippen LogP contribution in [0.5, 0.6) is 0 Å². The third-order valence-electron chi connectivity index (χ3n) is 5.72. The lowest BCUT2D eigenvalue weighted by molar-refractivity contribution is -0.0721. The molecule has 1 unspecified atom stereocenters. The molecule has 2 aromatic rings. The van der Waals surface area contributed by atoms with Crippen molar-refractivity contribution >= 4 is 32.6 Å². The van der Waals surface area contributed by atoms with Gasteiger partial charge in [-0.15, -0.1) is 0 Å². The van der Waals surface area contributed by atoms with Gasteiger partial charge in [-0.3, -0.25) is 4.99 Å². The summed E-state index contributed by atoms with van der Waals surface area (Å²) in [6.07, 6.45) is 6.31. The first-order chi connectivity index (χ1) is 14.8. The van der Waals surface area contributed by atoms with Crippen molar-refractivity contribution in [1.29, 1.82) is 0 Å². The van der Waals surface area contributed by atoms with E-state index in [1.807, 2.05) is 25.2 Å². The monoisotopic (exact) mass is 431 g/mol. The highest BCUT2D eigenvalue weighted by Gasteiger charge is 2.23. The summed E-state index contributed by atoms with van der Waals surface area (Å²) in [5.74, 6) is 0.968.